The SMILES string of the molecule is COC(=O)c1ccc(CNC2CC(C)CC(C)C2)o1. The Balaban J connectivity index is 1.85. The minimum Gasteiger partial charge on any atom is -0.463 e. The predicted octanol–water partition coefficient (Wildman–Crippen LogP) is 2.98. The second-order valence-electron chi connectivity index (χ2n) is 5.75. The van der Waals surface area contributed by atoms with Crippen molar-refractivity contribution in [3.63, 3.8) is 0 Å². The fourth-order valence-corrected chi connectivity index (χ4v) is 3.04. The van der Waals surface area contributed by atoms with Crippen LogP contribution in [0.25, 0.3) is 0 Å². The molecule has 2 unspecified atom stereocenters. The van der Waals surface area contributed by atoms with E-state index in [0.29, 0.717) is 12.6 Å². The van der Waals surface area contributed by atoms with Crippen molar-refractivity contribution in [1.29, 1.82) is 0 Å². The normalized spacial score (nSPS) is 27.2. The molecule has 1 saturated carbocycles. The van der Waals surface area contributed by atoms with Crippen LogP contribution in [-0.2, 0) is 11.3 Å². The molecular formula is C15H23NO3. The van der Waals surface area contributed by atoms with Gasteiger partial charge in [-0.1, -0.05) is 13.8 Å². The van der Waals surface area contributed by atoms with Crippen LogP contribution in [0.15, 0.2) is 16.5 Å². The Morgan fingerprint density at radius 3 is 2.63 bits per heavy atom. The van der Waals surface area contributed by atoms with E-state index >= 15 is 0 Å². The van der Waals surface area contributed by atoms with Gasteiger partial charge in [-0.05, 0) is 43.2 Å². The Bertz CT molecular complexity index is 417. The van der Waals surface area contributed by atoms with E-state index in [9.17, 15) is 4.79 Å². The van der Waals surface area contributed by atoms with Gasteiger partial charge >= 0.3 is 5.97 Å². The molecule has 1 aromatic heterocycles. The molecule has 1 aromatic rings. The zero-order valence-electron chi connectivity index (χ0n) is 11.9. The maximum Gasteiger partial charge on any atom is 0.373 e. The lowest BCUT2D eigenvalue weighted by molar-refractivity contribution is 0.0562. The van der Waals surface area contributed by atoms with E-state index < -0.39 is 5.97 Å². The highest BCUT2D eigenvalue weighted by atomic mass is 16.5. The molecule has 4 heteroatoms. The van der Waals surface area contributed by atoms with Gasteiger partial charge < -0.3 is 14.5 Å². The molecule has 0 radical (unpaired) electrons. The topological polar surface area (TPSA) is 51.5 Å². The van der Waals surface area contributed by atoms with Crippen LogP contribution >= 0.6 is 0 Å². The summed E-state index contributed by atoms with van der Waals surface area (Å²) in [5.74, 6) is 2.19. The van der Waals surface area contributed by atoms with Crippen molar-refractivity contribution >= 4 is 5.97 Å². The number of ether oxygens (including phenoxy) is 1. The fraction of sp³-hybridized carbons (Fsp3) is 0.667. The summed E-state index contributed by atoms with van der Waals surface area (Å²) in [6.07, 6.45) is 3.76. The second-order valence-corrected chi connectivity index (χ2v) is 5.75. The van der Waals surface area contributed by atoms with E-state index in [4.69, 9.17) is 4.42 Å². The Labute approximate surface area is 114 Å². The van der Waals surface area contributed by atoms with Crippen molar-refractivity contribution in [2.45, 2.75) is 45.7 Å². The van der Waals surface area contributed by atoms with E-state index in [0.717, 1.165) is 17.6 Å². The van der Waals surface area contributed by atoms with Crippen LogP contribution < -0.4 is 5.32 Å². The number of hydrogen-bond acceptors (Lipinski definition) is 4. The highest BCUT2D eigenvalue weighted by Crippen LogP contribution is 2.28. The molecule has 2 rings (SSSR count). The smallest absolute Gasteiger partial charge is 0.373 e. The first kappa shape index (κ1) is 14.1. The van der Waals surface area contributed by atoms with Crippen molar-refractivity contribution < 1.29 is 13.9 Å². The lowest BCUT2D eigenvalue weighted by atomic mass is 9.80. The molecule has 0 aromatic carbocycles. The number of esters is 1. The van der Waals surface area contributed by atoms with Gasteiger partial charge in [-0.25, -0.2) is 4.79 Å². The van der Waals surface area contributed by atoms with Crippen molar-refractivity contribution in [3.8, 4) is 0 Å². The van der Waals surface area contributed by atoms with Gasteiger partial charge in [0.05, 0.1) is 13.7 Å². The summed E-state index contributed by atoms with van der Waals surface area (Å²) in [5.41, 5.74) is 0. The lowest BCUT2D eigenvalue weighted by Gasteiger charge is -2.31. The summed E-state index contributed by atoms with van der Waals surface area (Å²) in [4.78, 5) is 11.3. The Kier molecular flexibility index (Phi) is 4.64. The maximum absolute atomic E-state index is 11.3. The molecule has 19 heavy (non-hydrogen) atoms. The monoisotopic (exact) mass is 265 g/mol. The molecule has 4 nitrogen and oxygen atoms in total. The molecule has 0 spiro atoms. The molecule has 1 N–H and O–H groups in total. The minimum absolute atomic E-state index is 0.268. The maximum atomic E-state index is 11.3. The average Bonchev–Trinajstić information content (AvgIpc) is 2.83. The van der Waals surface area contributed by atoms with Gasteiger partial charge in [0, 0.05) is 6.04 Å². The first-order valence-corrected chi connectivity index (χ1v) is 6.99. The Morgan fingerprint density at radius 2 is 2.00 bits per heavy atom. The lowest BCUT2D eigenvalue weighted by Crippen LogP contribution is -2.35. The highest BCUT2D eigenvalue weighted by Gasteiger charge is 2.23. The number of methoxy groups -OCH3 is 1. The summed E-state index contributed by atoms with van der Waals surface area (Å²) in [6, 6.07) is 4.04. The van der Waals surface area contributed by atoms with Crippen LogP contribution in [0.2, 0.25) is 0 Å². The summed E-state index contributed by atoms with van der Waals surface area (Å²) < 4.78 is 10.1. The van der Waals surface area contributed by atoms with Crippen molar-refractivity contribution in [2.24, 2.45) is 11.8 Å². The van der Waals surface area contributed by atoms with Gasteiger partial charge in [0.15, 0.2) is 0 Å². The fourth-order valence-electron chi connectivity index (χ4n) is 3.04. The number of carbonyl (C=O) groups excluding carboxylic acids is 1. The molecule has 1 aliphatic rings. The zero-order chi connectivity index (χ0) is 13.8. The summed E-state index contributed by atoms with van der Waals surface area (Å²) in [7, 11) is 1.35. The molecular weight excluding hydrogens is 242 g/mol. The van der Waals surface area contributed by atoms with Gasteiger partial charge in [0.25, 0.3) is 0 Å². The van der Waals surface area contributed by atoms with Crippen LogP contribution in [0.1, 0.15) is 49.4 Å². The molecule has 1 fully saturated rings. The predicted molar refractivity (Wildman–Crippen MR) is 72.9 cm³/mol. The standard InChI is InChI=1S/C15H23NO3/c1-10-6-11(2)8-12(7-10)16-9-13-4-5-14(19-13)15(17)18-3/h4-5,10-12,16H,6-9H2,1-3H3. The molecule has 0 saturated heterocycles. The Hall–Kier alpha value is -1.29. The van der Waals surface area contributed by atoms with E-state index in [2.05, 4.69) is 23.9 Å². The van der Waals surface area contributed by atoms with Crippen LogP contribution in [0.3, 0.4) is 0 Å². The number of carbonyl (C=O) groups is 1. The van der Waals surface area contributed by atoms with Crippen molar-refractivity contribution in [1.82, 2.24) is 5.32 Å². The molecule has 1 aliphatic carbocycles. The van der Waals surface area contributed by atoms with Crippen molar-refractivity contribution in [2.75, 3.05) is 7.11 Å². The number of rotatable bonds is 4. The zero-order valence-corrected chi connectivity index (χ0v) is 11.9. The first-order chi connectivity index (χ1) is 9.08. The average molecular weight is 265 g/mol. The van der Waals surface area contributed by atoms with E-state index in [1.807, 2.05) is 6.07 Å². The van der Waals surface area contributed by atoms with Crippen LogP contribution in [-0.4, -0.2) is 19.1 Å². The van der Waals surface area contributed by atoms with E-state index in [-0.39, 0.29) is 5.76 Å². The summed E-state index contributed by atoms with van der Waals surface area (Å²) in [6.45, 7) is 5.29. The molecule has 1 heterocycles. The number of nitrogens with one attached hydrogen (secondary N) is 1. The number of hydrogen-bond donors (Lipinski definition) is 1. The third-order valence-electron chi connectivity index (χ3n) is 3.79. The van der Waals surface area contributed by atoms with Gasteiger partial charge in [0.2, 0.25) is 5.76 Å². The summed E-state index contributed by atoms with van der Waals surface area (Å²) in [5, 5.41) is 3.52. The van der Waals surface area contributed by atoms with Crippen LogP contribution in [0.4, 0.5) is 0 Å². The molecule has 0 bridgehead atoms. The second kappa shape index (κ2) is 6.24. The highest BCUT2D eigenvalue weighted by molar-refractivity contribution is 5.86. The molecule has 106 valence electrons. The van der Waals surface area contributed by atoms with Gasteiger partial charge in [-0.15, -0.1) is 0 Å². The molecule has 0 aliphatic heterocycles. The van der Waals surface area contributed by atoms with E-state index in [1.54, 1.807) is 6.07 Å². The number of furan rings is 1. The van der Waals surface area contributed by atoms with E-state index in [1.165, 1.54) is 26.4 Å². The van der Waals surface area contributed by atoms with Gasteiger partial charge in [-0.3, -0.25) is 0 Å². The van der Waals surface area contributed by atoms with Crippen molar-refractivity contribution in [3.05, 3.63) is 23.7 Å². The third-order valence-corrected chi connectivity index (χ3v) is 3.79. The molecule has 2 atom stereocenters. The third kappa shape index (κ3) is 3.83. The quantitative estimate of drug-likeness (QED) is 0.850. The van der Waals surface area contributed by atoms with Crippen LogP contribution in [0.5, 0.6) is 0 Å². The Morgan fingerprint density at radius 1 is 1.32 bits per heavy atom. The largest absolute Gasteiger partial charge is 0.463 e. The molecule has 0 amide bonds. The minimum atomic E-state index is -0.425. The summed E-state index contributed by atoms with van der Waals surface area (Å²) >= 11 is 0. The first-order valence-electron chi connectivity index (χ1n) is 6.99. The van der Waals surface area contributed by atoms with Crippen LogP contribution in [0, 0.1) is 11.8 Å². The van der Waals surface area contributed by atoms with Gasteiger partial charge in [-0.2, -0.15) is 0 Å². The van der Waals surface area contributed by atoms with Gasteiger partial charge in [0.1, 0.15) is 5.76 Å².